The maximum absolute atomic E-state index is 13.2. The van der Waals surface area contributed by atoms with Crippen molar-refractivity contribution in [3.05, 3.63) is 65.2 Å². The third-order valence-electron chi connectivity index (χ3n) is 5.43. The van der Waals surface area contributed by atoms with Gasteiger partial charge in [-0.3, -0.25) is 9.59 Å². The monoisotopic (exact) mass is 424 g/mol. The highest BCUT2D eigenvalue weighted by atomic mass is 16.5. The molecule has 0 saturated heterocycles. The van der Waals surface area contributed by atoms with Gasteiger partial charge in [-0.05, 0) is 68.9 Å². The molecular formula is C26H36N2O3. The predicted molar refractivity (Wildman–Crippen MR) is 125 cm³/mol. The van der Waals surface area contributed by atoms with Crippen molar-refractivity contribution in [3.8, 4) is 5.75 Å². The number of rotatable bonds is 11. The number of benzene rings is 2. The molecule has 0 bridgehead atoms. The van der Waals surface area contributed by atoms with Crippen LogP contribution in [-0.2, 0) is 16.0 Å². The molecule has 0 aromatic heterocycles. The maximum Gasteiger partial charge on any atom is 0.261 e. The van der Waals surface area contributed by atoms with Gasteiger partial charge in [0.25, 0.3) is 5.91 Å². The Balaban J connectivity index is 2.15. The van der Waals surface area contributed by atoms with Gasteiger partial charge in [-0.1, -0.05) is 50.2 Å². The highest BCUT2D eigenvalue weighted by Crippen LogP contribution is 2.17. The molecule has 0 aliphatic heterocycles. The quantitative estimate of drug-likeness (QED) is 0.580. The van der Waals surface area contributed by atoms with Gasteiger partial charge in [0.15, 0.2) is 6.61 Å². The lowest BCUT2D eigenvalue weighted by Gasteiger charge is -2.31. The molecule has 31 heavy (non-hydrogen) atoms. The molecule has 0 spiro atoms. The van der Waals surface area contributed by atoms with Crippen LogP contribution in [-0.4, -0.2) is 41.9 Å². The lowest BCUT2D eigenvalue weighted by atomic mass is 10.1. The number of carbonyl (C=O) groups excluding carboxylic acids is 2. The summed E-state index contributed by atoms with van der Waals surface area (Å²) in [5.41, 5.74) is 3.30. The number of nitrogens with one attached hydrogen (secondary N) is 1. The van der Waals surface area contributed by atoms with Gasteiger partial charge in [-0.15, -0.1) is 0 Å². The molecule has 0 aliphatic carbocycles. The number of hydrogen-bond acceptors (Lipinski definition) is 3. The van der Waals surface area contributed by atoms with Gasteiger partial charge in [0.2, 0.25) is 5.91 Å². The van der Waals surface area contributed by atoms with Crippen LogP contribution in [0.25, 0.3) is 0 Å². The Hall–Kier alpha value is -2.82. The summed E-state index contributed by atoms with van der Waals surface area (Å²) < 4.78 is 5.82. The molecule has 1 N–H and O–H groups in total. The maximum atomic E-state index is 13.2. The third-order valence-corrected chi connectivity index (χ3v) is 5.43. The zero-order valence-electron chi connectivity index (χ0n) is 19.5. The second-order valence-electron chi connectivity index (χ2n) is 8.18. The average molecular weight is 425 g/mol. The van der Waals surface area contributed by atoms with Gasteiger partial charge in [0, 0.05) is 12.6 Å². The fourth-order valence-electron chi connectivity index (χ4n) is 3.58. The zero-order valence-corrected chi connectivity index (χ0v) is 19.5. The van der Waals surface area contributed by atoms with Crippen molar-refractivity contribution in [3.63, 3.8) is 0 Å². The van der Waals surface area contributed by atoms with Crippen molar-refractivity contribution in [2.45, 2.75) is 66.0 Å². The Labute approximate surface area is 186 Å². The van der Waals surface area contributed by atoms with Gasteiger partial charge in [0.1, 0.15) is 11.8 Å². The standard InChI is InChI=1S/C26H36N2O3/c1-6-21(5)27-26(30)24(7-2)28(14-13-22-11-9-8-10-12-22)25(29)18-31-23-16-19(3)15-20(4)17-23/h8-12,15-17,21,24H,6-7,13-14,18H2,1-5H3,(H,27,30). The number of amides is 2. The number of aryl methyl sites for hydroxylation is 2. The first-order chi connectivity index (χ1) is 14.8. The van der Waals surface area contributed by atoms with Crippen molar-refractivity contribution in [2.75, 3.05) is 13.2 Å². The Morgan fingerprint density at radius 3 is 2.23 bits per heavy atom. The molecule has 0 heterocycles. The molecule has 2 aromatic carbocycles. The molecule has 0 aliphatic rings. The van der Waals surface area contributed by atoms with E-state index in [0.717, 1.165) is 23.1 Å². The molecule has 2 aromatic rings. The molecule has 5 heteroatoms. The molecule has 2 rings (SSSR count). The summed E-state index contributed by atoms with van der Waals surface area (Å²) in [6.45, 7) is 10.3. The Morgan fingerprint density at radius 1 is 1.00 bits per heavy atom. The van der Waals surface area contributed by atoms with Gasteiger partial charge < -0.3 is 15.0 Å². The van der Waals surface area contributed by atoms with Crippen molar-refractivity contribution in [1.29, 1.82) is 0 Å². The SMILES string of the molecule is CCC(C)NC(=O)C(CC)N(CCc1ccccc1)C(=O)COc1cc(C)cc(C)c1. The summed E-state index contributed by atoms with van der Waals surface area (Å²) >= 11 is 0. The van der Waals surface area contributed by atoms with Crippen molar-refractivity contribution >= 4 is 11.8 Å². The normalized spacial score (nSPS) is 12.7. The van der Waals surface area contributed by atoms with E-state index in [9.17, 15) is 9.59 Å². The molecule has 2 unspecified atom stereocenters. The van der Waals surface area contributed by atoms with Crippen LogP contribution < -0.4 is 10.1 Å². The van der Waals surface area contributed by atoms with Crippen molar-refractivity contribution in [1.82, 2.24) is 10.2 Å². The topological polar surface area (TPSA) is 58.6 Å². The van der Waals surface area contributed by atoms with E-state index >= 15 is 0 Å². The first-order valence-corrected chi connectivity index (χ1v) is 11.2. The van der Waals surface area contributed by atoms with Crippen LogP contribution >= 0.6 is 0 Å². The van der Waals surface area contributed by atoms with Crippen LogP contribution in [0.5, 0.6) is 5.75 Å². The molecule has 0 radical (unpaired) electrons. The summed E-state index contributed by atoms with van der Waals surface area (Å²) in [4.78, 5) is 27.8. The van der Waals surface area contributed by atoms with Gasteiger partial charge in [-0.25, -0.2) is 0 Å². The van der Waals surface area contributed by atoms with E-state index < -0.39 is 6.04 Å². The summed E-state index contributed by atoms with van der Waals surface area (Å²) in [7, 11) is 0. The summed E-state index contributed by atoms with van der Waals surface area (Å²) in [6.07, 6.45) is 2.07. The summed E-state index contributed by atoms with van der Waals surface area (Å²) in [5.74, 6) is 0.386. The van der Waals surface area contributed by atoms with Crippen molar-refractivity contribution in [2.24, 2.45) is 0 Å². The van der Waals surface area contributed by atoms with Crippen LogP contribution in [0, 0.1) is 13.8 Å². The first-order valence-electron chi connectivity index (χ1n) is 11.2. The van der Waals surface area contributed by atoms with E-state index in [1.807, 2.05) is 77.1 Å². The number of nitrogens with zero attached hydrogens (tertiary/aromatic N) is 1. The van der Waals surface area contributed by atoms with Crippen molar-refractivity contribution < 1.29 is 14.3 Å². The van der Waals surface area contributed by atoms with Crippen LogP contribution in [0.4, 0.5) is 0 Å². The smallest absolute Gasteiger partial charge is 0.261 e. The highest BCUT2D eigenvalue weighted by molar-refractivity contribution is 5.88. The van der Waals surface area contributed by atoms with E-state index in [1.165, 1.54) is 0 Å². The Morgan fingerprint density at radius 2 is 1.65 bits per heavy atom. The van der Waals surface area contributed by atoms with Gasteiger partial charge >= 0.3 is 0 Å². The summed E-state index contributed by atoms with van der Waals surface area (Å²) in [5, 5.41) is 3.03. The Bertz CT molecular complexity index is 831. The van der Waals surface area contributed by atoms with Crippen LogP contribution in [0.1, 0.15) is 50.3 Å². The van der Waals surface area contributed by atoms with Crippen LogP contribution in [0.3, 0.4) is 0 Å². The summed E-state index contributed by atoms with van der Waals surface area (Å²) in [6, 6.07) is 15.5. The van der Waals surface area contributed by atoms with E-state index in [1.54, 1.807) is 4.90 Å². The lowest BCUT2D eigenvalue weighted by molar-refractivity contribution is -0.142. The Kier molecular flexibility index (Phi) is 9.57. The van der Waals surface area contributed by atoms with E-state index in [4.69, 9.17) is 4.74 Å². The molecular weight excluding hydrogens is 388 g/mol. The second-order valence-corrected chi connectivity index (χ2v) is 8.18. The molecule has 0 fully saturated rings. The first kappa shape index (κ1) is 24.4. The molecule has 2 amide bonds. The minimum Gasteiger partial charge on any atom is -0.484 e. The number of hydrogen-bond donors (Lipinski definition) is 1. The second kappa shape index (κ2) is 12.1. The average Bonchev–Trinajstić information content (AvgIpc) is 2.74. The van der Waals surface area contributed by atoms with E-state index in [2.05, 4.69) is 11.4 Å². The van der Waals surface area contributed by atoms with Gasteiger partial charge in [-0.2, -0.15) is 0 Å². The lowest BCUT2D eigenvalue weighted by Crippen LogP contribution is -2.52. The number of carbonyl (C=O) groups is 2. The highest BCUT2D eigenvalue weighted by Gasteiger charge is 2.29. The van der Waals surface area contributed by atoms with Crippen LogP contribution in [0.15, 0.2) is 48.5 Å². The molecule has 2 atom stereocenters. The molecule has 168 valence electrons. The fourth-order valence-corrected chi connectivity index (χ4v) is 3.58. The predicted octanol–water partition coefficient (Wildman–Crippen LogP) is 4.45. The van der Waals surface area contributed by atoms with E-state index in [-0.39, 0.29) is 24.5 Å². The fraction of sp³-hybridized carbons (Fsp3) is 0.462. The minimum atomic E-state index is -0.520. The largest absolute Gasteiger partial charge is 0.484 e. The number of ether oxygens (including phenoxy) is 1. The van der Waals surface area contributed by atoms with E-state index in [0.29, 0.717) is 25.1 Å². The molecule has 0 saturated carbocycles. The third kappa shape index (κ3) is 7.74. The molecule has 5 nitrogen and oxygen atoms in total. The zero-order chi connectivity index (χ0) is 22.8. The van der Waals surface area contributed by atoms with Gasteiger partial charge in [0.05, 0.1) is 0 Å². The minimum absolute atomic E-state index is 0.0687. The van der Waals surface area contributed by atoms with Crippen LogP contribution in [0.2, 0.25) is 0 Å².